The van der Waals surface area contributed by atoms with Crippen molar-refractivity contribution in [1.29, 1.82) is 0 Å². The summed E-state index contributed by atoms with van der Waals surface area (Å²) in [6.45, 7) is 1.61. The van der Waals surface area contributed by atoms with Gasteiger partial charge in [-0.05, 0) is 30.5 Å². The summed E-state index contributed by atoms with van der Waals surface area (Å²) < 4.78 is 44.0. The van der Waals surface area contributed by atoms with Crippen LogP contribution in [-0.4, -0.2) is 42.3 Å². The lowest BCUT2D eigenvalue weighted by Crippen LogP contribution is -2.23. The average molecular weight is 438 g/mol. The molecule has 3 aromatic rings. The number of halogens is 3. The zero-order chi connectivity index (χ0) is 22.3. The third kappa shape index (κ3) is 7.06. The van der Waals surface area contributed by atoms with E-state index in [4.69, 9.17) is 5.73 Å². The second-order valence-electron chi connectivity index (χ2n) is 6.63. The Bertz CT molecular complexity index is 1000. The monoisotopic (exact) mass is 438 g/mol. The summed E-state index contributed by atoms with van der Waals surface area (Å²) in [7, 11) is 0. The average Bonchev–Trinajstić information content (AvgIpc) is 3.38. The minimum Gasteiger partial charge on any atom is -0.406 e. The summed E-state index contributed by atoms with van der Waals surface area (Å²) >= 11 is 0. The normalized spacial score (nSPS) is 11.5. The first-order chi connectivity index (χ1) is 14.8. The molecule has 1 aromatic carbocycles. The van der Waals surface area contributed by atoms with Gasteiger partial charge in [-0.3, -0.25) is 14.2 Å². The number of aromatic nitrogens is 6. The van der Waals surface area contributed by atoms with E-state index < -0.39 is 12.3 Å². The molecule has 0 atom stereocenters. The van der Waals surface area contributed by atoms with Crippen LogP contribution >= 0.6 is 0 Å². The van der Waals surface area contributed by atoms with Gasteiger partial charge in [-0.2, -0.15) is 0 Å². The number of benzene rings is 1. The van der Waals surface area contributed by atoms with E-state index in [0.29, 0.717) is 25.2 Å². The Morgan fingerprint density at radius 3 is 2.48 bits per heavy atom. The van der Waals surface area contributed by atoms with Gasteiger partial charge >= 0.3 is 6.36 Å². The van der Waals surface area contributed by atoms with Crippen LogP contribution in [0.3, 0.4) is 0 Å². The van der Waals surface area contributed by atoms with Crippen molar-refractivity contribution >= 4 is 5.91 Å². The molecule has 0 unspecified atom stereocenters. The Hall–Kier alpha value is -3.48. The minimum absolute atomic E-state index is 0.0173. The second-order valence-corrected chi connectivity index (χ2v) is 6.63. The Morgan fingerprint density at radius 2 is 1.81 bits per heavy atom. The van der Waals surface area contributed by atoms with Crippen molar-refractivity contribution in [2.45, 2.75) is 45.4 Å². The molecule has 166 valence electrons. The van der Waals surface area contributed by atoms with Gasteiger partial charge in [0.25, 0.3) is 5.91 Å². The SMILES string of the molecule is NCc1cn(CCCCn2cc(C(=O)NCc3cccc(OC(F)(F)F)c3)nn2)nn1. The lowest BCUT2D eigenvalue weighted by molar-refractivity contribution is -0.274. The van der Waals surface area contributed by atoms with Crippen molar-refractivity contribution in [3.8, 4) is 5.75 Å². The van der Waals surface area contributed by atoms with Crippen LogP contribution in [0.15, 0.2) is 36.7 Å². The third-order valence-electron chi connectivity index (χ3n) is 4.18. The van der Waals surface area contributed by atoms with Crippen molar-refractivity contribution < 1.29 is 22.7 Å². The summed E-state index contributed by atoms with van der Waals surface area (Å²) in [4.78, 5) is 12.2. The van der Waals surface area contributed by atoms with Crippen LogP contribution < -0.4 is 15.8 Å². The number of ether oxygens (including phenoxy) is 1. The lowest BCUT2D eigenvalue weighted by Gasteiger charge is -2.10. The molecule has 0 aliphatic rings. The second kappa shape index (κ2) is 10.0. The van der Waals surface area contributed by atoms with Gasteiger partial charge in [0, 0.05) is 32.4 Å². The standard InChI is InChI=1S/C18H21F3N8O2/c19-18(20,21)31-15-5-3-4-13(8-15)10-23-17(30)16-12-29(27-25-16)7-2-1-6-28-11-14(9-22)24-26-28/h3-5,8,11-12H,1-2,6-7,9-10,22H2,(H,23,30). The molecule has 0 fully saturated rings. The van der Waals surface area contributed by atoms with Gasteiger partial charge in [-0.25, -0.2) is 0 Å². The van der Waals surface area contributed by atoms with Crippen LogP contribution in [0.2, 0.25) is 0 Å². The van der Waals surface area contributed by atoms with E-state index in [9.17, 15) is 18.0 Å². The molecule has 0 aliphatic carbocycles. The summed E-state index contributed by atoms with van der Waals surface area (Å²) in [6, 6.07) is 5.38. The fourth-order valence-corrected chi connectivity index (χ4v) is 2.73. The van der Waals surface area contributed by atoms with Crippen LogP contribution in [0.1, 0.15) is 34.6 Å². The Labute approximate surface area is 175 Å². The highest BCUT2D eigenvalue weighted by molar-refractivity contribution is 5.91. The van der Waals surface area contributed by atoms with E-state index in [1.807, 2.05) is 0 Å². The number of hydrogen-bond acceptors (Lipinski definition) is 7. The number of hydrogen-bond donors (Lipinski definition) is 2. The highest BCUT2D eigenvalue weighted by Crippen LogP contribution is 2.23. The molecule has 3 rings (SSSR count). The fourth-order valence-electron chi connectivity index (χ4n) is 2.73. The number of aryl methyl sites for hydroxylation is 2. The number of nitrogens with one attached hydrogen (secondary N) is 1. The van der Waals surface area contributed by atoms with Gasteiger partial charge in [0.05, 0.1) is 11.9 Å². The van der Waals surface area contributed by atoms with E-state index in [2.05, 4.69) is 30.7 Å². The number of amides is 1. The van der Waals surface area contributed by atoms with E-state index in [-0.39, 0.29) is 18.0 Å². The molecule has 2 heterocycles. The summed E-state index contributed by atoms with van der Waals surface area (Å²) in [6.07, 6.45) is 0.145. The Morgan fingerprint density at radius 1 is 1.10 bits per heavy atom. The van der Waals surface area contributed by atoms with Crippen molar-refractivity contribution in [2.75, 3.05) is 0 Å². The maximum atomic E-state index is 12.3. The Kier molecular flexibility index (Phi) is 7.18. The number of alkyl halides is 3. The minimum atomic E-state index is -4.77. The maximum absolute atomic E-state index is 12.3. The van der Waals surface area contributed by atoms with Gasteiger partial charge in [0.15, 0.2) is 5.69 Å². The first-order valence-corrected chi connectivity index (χ1v) is 9.44. The van der Waals surface area contributed by atoms with E-state index in [1.165, 1.54) is 24.4 Å². The van der Waals surface area contributed by atoms with Crippen molar-refractivity contribution in [1.82, 2.24) is 35.3 Å². The predicted octanol–water partition coefficient (Wildman–Crippen LogP) is 1.64. The fraction of sp³-hybridized carbons (Fsp3) is 0.389. The van der Waals surface area contributed by atoms with Crippen molar-refractivity contribution in [3.63, 3.8) is 0 Å². The van der Waals surface area contributed by atoms with Crippen LogP contribution in [0, 0.1) is 0 Å². The van der Waals surface area contributed by atoms with Crippen LogP contribution in [0.5, 0.6) is 5.75 Å². The molecule has 1 amide bonds. The van der Waals surface area contributed by atoms with Gasteiger partial charge < -0.3 is 15.8 Å². The van der Waals surface area contributed by atoms with Gasteiger partial charge in [0.2, 0.25) is 0 Å². The number of carbonyl (C=O) groups is 1. The molecule has 0 saturated heterocycles. The van der Waals surface area contributed by atoms with Crippen LogP contribution in [-0.2, 0) is 26.2 Å². The number of nitrogens with two attached hydrogens (primary N) is 1. The van der Waals surface area contributed by atoms with E-state index in [0.717, 1.165) is 18.5 Å². The topological polar surface area (TPSA) is 126 Å². The number of carbonyl (C=O) groups excluding carboxylic acids is 1. The highest BCUT2D eigenvalue weighted by Gasteiger charge is 2.31. The molecule has 3 N–H and O–H groups in total. The molecule has 0 spiro atoms. The van der Waals surface area contributed by atoms with Gasteiger partial charge in [-0.15, -0.1) is 23.4 Å². The summed E-state index contributed by atoms with van der Waals surface area (Å²) in [5.41, 5.74) is 6.79. The number of nitrogens with zero attached hydrogens (tertiary/aromatic N) is 6. The molecule has 2 aromatic heterocycles. The zero-order valence-electron chi connectivity index (χ0n) is 16.4. The van der Waals surface area contributed by atoms with Crippen molar-refractivity contribution in [3.05, 3.63) is 53.6 Å². The molecule has 31 heavy (non-hydrogen) atoms. The molecule has 0 bridgehead atoms. The summed E-state index contributed by atoms with van der Waals surface area (Å²) in [5.74, 6) is -0.833. The van der Waals surface area contributed by atoms with Gasteiger partial charge in [0.1, 0.15) is 5.75 Å². The quantitative estimate of drug-likeness (QED) is 0.461. The first kappa shape index (κ1) is 22.2. The molecular weight excluding hydrogens is 417 g/mol. The summed E-state index contributed by atoms with van der Waals surface area (Å²) in [5, 5.41) is 18.2. The zero-order valence-corrected chi connectivity index (χ0v) is 16.4. The Balaban J connectivity index is 1.43. The number of rotatable bonds is 10. The smallest absolute Gasteiger partial charge is 0.406 e. The molecule has 0 radical (unpaired) electrons. The van der Waals surface area contributed by atoms with Crippen molar-refractivity contribution in [2.24, 2.45) is 5.73 Å². The molecular formula is C18H21F3N8O2. The van der Waals surface area contributed by atoms with E-state index >= 15 is 0 Å². The van der Waals surface area contributed by atoms with Crippen LogP contribution in [0.4, 0.5) is 13.2 Å². The largest absolute Gasteiger partial charge is 0.573 e. The molecule has 0 aliphatic heterocycles. The molecule has 0 saturated carbocycles. The number of unbranched alkanes of at least 4 members (excludes halogenated alkanes) is 1. The third-order valence-corrected chi connectivity index (χ3v) is 4.18. The molecule has 13 heteroatoms. The lowest BCUT2D eigenvalue weighted by atomic mass is 10.2. The van der Waals surface area contributed by atoms with Crippen LogP contribution in [0.25, 0.3) is 0 Å². The molecule has 10 nitrogen and oxygen atoms in total. The first-order valence-electron chi connectivity index (χ1n) is 9.44. The van der Waals surface area contributed by atoms with Gasteiger partial charge in [-0.1, -0.05) is 22.6 Å². The predicted molar refractivity (Wildman–Crippen MR) is 101 cm³/mol. The highest BCUT2D eigenvalue weighted by atomic mass is 19.4. The maximum Gasteiger partial charge on any atom is 0.573 e. The van der Waals surface area contributed by atoms with E-state index in [1.54, 1.807) is 21.6 Å².